The highest BCUT2D eigenvalue weighted by molar-refractivity contribution is 7.80. The van der Waals surface area contributed by atoms with Crippen molar-refractivity contribution in [2.45, 2.75) is 32.6 Å². The molecule has 0 aliphatic heterocycles. The summed E-state index contributed by atoms with van der Waals surface area (Å²) in [6.07, 6.45) is 4.61. The maximum absolute atomic E-state index is 12.7. The van der Waals surface area contributed by atoms with Gasteiger partial charge in [-0.25, -0.2) is 0 Å². The van der Waals surface area contributed by atoms with Crippen molar-refractivity contribution in [2.24, 2.45) is 0 Å². The first kappa shape index (κ1) is 23.3. The number of fused-ring (bicyclic) bond motifs is 1. The molecule has 0 bridgehead atoms. The van der Waals surface area contributed by atoms with Gasteiger partial charge >= 0.3 is 0 Å². The van der Waals surface area contributed by atoms with Crippen molar-refractivity contribution in [1.29, 1.82) is 0 Å². The van der Waals surface area contributed by atoms with E-state index in [9.17, 15) is 4.79 Å². The molecule has 164 valence electrons. The Bertz CT molecular complexity index is 1070. The van der Waals surface area contributed by atoms with E-state index in [-0.39, 0.29) is 11.0 Å². The quantitative estimate of drug-likeness (QED) is 0.267. The molecule has 3 aromatic rings. The van der Waals surface area contributed by atoms with Gasteiger partial charge in [-0.15, -0.1) is 11.3 Å². The maximum Gasteiger partial charge on any atom is 0.269 e. The number of unbranched alkanes of at least 4 members (excludes halogenated alkanes) is 3. The summed E-state index contributed by atoms with van der Waals surface area (Å²) in [5, 5.41) is 7.12. The number of rotatable bonds is 9. The van der Waals surface area contributed by atoms with Crippen molar-refractivity contribution in [1.82, 2.24) is 5.32 Å². The summed E-state index contributed by atoms with van der Waals surface area (Å²) < 4.78 is 11.9. The number of thiophene rings is 1. The topological polar surface area (TPSA) is 59.6 Å². The van der Waals surface area contributed by atoms with E-state index >= 15 is 0 Å². The van der Waals surface area contributed by atoms with Gasteiger partial charge in [-0.05, 0) is 49.0 Å². The van der Waals surface area contributed by atoms with E-state index in [4.69, 9.17) is 33.3 Å². The summed E-state index contributed by atoms with van der Waals surface area (Å²) in [5.74, 6) is 1.12. The molecule has 31 heavy (non-hydrogen) atoms. The standard InChI is InChI=1S/C23H25ClN2O3S2/c1-3-4-5-6-12-29-17-9-7-8-15(13-17)25-23(30)26-22(27)21-20(24)18-11-10-16(28-2)14-19(18)31-21/h7-11,13-14H,3-6,12H2,1-2H3,(H2,25,26,27,30). The molecule has 0 radical (unpaired) electrons. The number of benzene rings is 2. The highest BCUT2D eigenvalue weighted by Crippen LogP contribution is 2.37. The van der Waals surface area contributed by atoms with Crippen molar-refractivity contribution in [3.63, 3.8) is 0 Å². The fraction of sp³-hybridized carbons (Fsp3) is 0.304. The zero-order valence-corrected chi connectivity index (χ0v) is 19.9. The van der Waals surface area contributed by atoms with Gasteiger partial charge in [-0.1, -0.05) is 43.9 Å². The van der Waals surface area contributed by atoms with Gasteiger partial charge in [0, 0.05) is 21.8 Å². The molecule has 0 unspecified atom stereocenters. The van der Waals surface area contributed by atoms with Crippen LogP contribution in [0.15, 0.2) is 42.5 Å². The first-order chi connectivity index (χ1) is 15.0. The van der Waals surface area contributed by atoms with Gasteiger partial charge in [0.2, 0.25) is 0 Å². The number of halogens is 1. The monoisotopic (exact) mass is 476 g/mol. The van der Waals surface area contributed by atoms with Crippen molar-refractivity contribution in [3.8, 4) is 11.5 Å². The minimum Gasteiger partial charge on any atom is -0.497 e. The van der Waals surface area contributed by atoms with E-state index in [0.717, 1.165) is 34.4 Å². The first-order valence-electron chi connectivity index (χ1n) is 10.1. The van der Waals surface area contributed by atoms with Crippen LogP contribution in [0.25, 0.3) is 10.1 Å². The fourth-order valence-corrected chi connectivity index (χ4v) is 4.67. The predicted molar refractivity (Wildman–Crippen MR) is 133 cm³/mol. The molecular formula is C23H25ClN2O3S2. The molecule has 8 heteroatoms. The molecular weight excluding hydrogens is 452 g/mol. The third-order valence-corrected chi connectivity index (χ3v) is 6.49. The second-order valence-corrected chi connectivity index (χ2v) is 8.79. The third kappa shape index (κ3) is 6.32. The van der Waals surface area contributed by atoms with E-state index < -0.39 is 0 Å². The number of anilines is 1. The smallest absolute Gasteiger partial charge is 0.269 e. The Morgan fingerprint density at radius 2 is 1.97 bits per heavy atom. The number of methoxy groups -OCH3 is 1. The Morgan fingerprint density at radius 3 is 2.74 bits per heavy atom. The van der Waals surface area contributed by atoms with Gasteiger partial charge in [0.25, 0.3) is 5.91 Å². The van der Waals surface area contributed by atoms with E-state index in [1.807, 2.05) is 42.5 Å². The largest absolute Gasteiger partial charge is 0.497 e. The lowest BCUT2D eigenvalue weighted by Gasteiger charge is -2.11. The number of hydrogen-bond acceptors (Lipinski definition) is 5. The molecule has 1 aromatic heterocycles. The molecule has 0 saturated carbocycles. The van der Waals surface area contributed by atoms with Crippen molar-refractivity contribution in [3.05, 3.63) is 52.4 Å². The summed E-state index contributed by atoms with van der Waals surface area (Å²) in [7, 11) is 1.60. The molecule has 5 nitrogen and oxygen atoms in total. The van der Waals surface area contributed by atoms with Crippen LogP contribution in [0.1, 0.15) is 42.3 Å². The van der Waals surface area contributed by atoms with Crippen LogP contribution >= 0.6 is 35.2 Å². The van der Waals surface area contributed by atoms with Gasteiger partial charge in [0.15, 0.2) is 5.11 Å². The lowest BCUT2D eigenvalue weighted by atomic mass is 10.2. The van der Waals surface area contributed by atoms with Crippen LogP contribution in [0.3, 0.4) is 0 Å². The lowest BCUT2D eigenvalue weighted by molar-refractivity contribution is 0.0982. The summed E-state index contributed by atoms with van der Waals surface area (Å²) in [6.45, 7) is 2.86. The van der Waals surface area contributed by atoms with E-state index in [0.29, 0.717) is 22.3 Å². The van der Waals surface area contributed by atoms with Crippen molar-refractivity contribution in [2.75, 3.05) is 19.0 Å². The number of thiocarbonyl (C=S) groups is 1. The average Bonchev–Trinajstić information content (AvgIpc) is 3.09. The molecule has 0 aliphatic carbocycles. The van der Waals surface area contributed by atoms with Crippen LogP contribution in [0, 0.1) is 0 Å². The summed E-state index contributed by atoms with van der Waals surface area (Å²) in [5.41, 5.74) is 0.739. The molecule has 0 aliphatic rings. The molecule has 1 amide bonds. The van der Waals surface area contributed by atoms with E-state index in [1.165, 1.54) is 24.2 Å². The highest BCUT2D eigenvalue weighted by atomic mass is 35.5. The lowest BCUT2D eigenvalue weighted by Crippen LogP contribution is -2.33. The van der Waals surface area contributed by atoms with Crippen LogP contribution in [0.5, 0.6) is 11.5 Å². The number of ether oxygens (including phenoxy) is 2. The van der Waals surface area contributed by atoms with Gasteiger partial charge in [0.1, 0.15) is 16.4 Å². The van der Waals surface area contributed by atoms with Crippen LogP contribution in [-0.2, 0) is 0 Å². The second kappa shape index (κ2) is 11.3. The van der Waals surface area contributed by atoms with Crippen LogP contribution in [0.4, 0.5) is 5.69 Å². The summed E-state index contributed by atoms with van der Waals surface area (Å²) >= 11 is 13.0. The summed E-state index contributed by atoms with van der Waals surface area (Å²) in [4.78, 5) is 13.1. The molecule has 2 aromatic carbocycles. The van der Waals surface area contributed by atoms with Crippen LogP contribution in [0.2, 0.25) is 5.02 Å². The Hall–Kier alpha value is -2.35. The van der Waals surface area contributed by atoms with Gasteiger partial charge in [-0.2, -0.15) is 0 Å². The highest BCUT2D eigenvalue weighted by Gasteiger charge is 2.18. The van der Waals surface area contributed by atoms with Crippen LogP contribution < -0.4 is 20.1 Å². The van der Waals surface area contributed by atoms with Gasteiger partial charge in [-0.3, -0.25) is 10.1 Å². The SMILES string of the molecule is CCCCCCOc1cccc(NC(=S)NC(=O)c2sc3cc(OC)ccc3c2Cl)c1. The zero-order chi connectivity index (χ0) is 22.2. The van der Waals surface area contributed by atoms with Crippen LogP contribution in [-0.4, -0.2) is 24.7 Å². The molecule has 0 spiro atoms. The first-order valence-corrected chi connectivity index (χ1v) is 11.7. The van der Waals surface area contributed by atoms with Gasteiger partial charge in [0.05, 0.1) is 18.7 Å². The normalized spacial score (nSPS) is 10.7. The maximum atomic E-state index is 12.7. The fourth-order valence-electron chi connectivity index (χ4n) is 3.02. The molecule has 2 N–H and O–H groups in total. The van der Waals surface area contributed by atoms with Gasteiger partial charge < -0.3 is 14.8 Å². The molecule has 1 heterocycles. The average molecular weight is 477 g/mol. The number of hydrogen-bond donors (Lipinski definition) is 2. The zero-order valence-electron chi connectivity index (χ0n) is 17.5. The molecule has 0 fully saturated rings. The van der Waals surface area contributed by atoms with Crippen molar-refractivity contribution < 1.29 is 14.3 Å². The molecule has 0 saturated heterocycles. The predicted octanol–water partition coefficient (Wildman–Crippen LogP) is 6.65. The Kier molecular flexibility index (Phi) is 8.51. The van der Waals surface area contributed by atoms with Crippen molar-refractivity contribution >= 4 is 61.9 Å². The van der Waals surface area contributed by atoms with E-state index in [2.05, 4.69) is 17.6 Å². The number of carbonyl (C=O) groups excluding carboxylic acids is 1. The Labute approximate surface area is 196 Å². The Balaban J connectivity index is 1.59. The van der Waals surface area contributed by atoms with E-state index in [1.54, 1.807) is 7.11 Å². The Morgan fingerprint density at radius 1 is 1.13 bits per heavy atom. The number of carbonyl (C=O) groups is 1. The minimum absolute atomic E-state index is 0.191. The second-order valence-electron chi connectivity index (χ2n) is 6.95. The number of nitrogens with one attached hydrogen (secondary N) is 2. The molecule has 3 rings (SSSR count). The minimum atomic E-state index is -0.356. The third-order valence-electron chi connectivity index (χ3n) is 4.63. The summed E-state index contributed by atoms with van der Waals surface area (Å²) in [6, 6.07) is 13.0. The number of amides is 1. The molecule has 0 atom stereocenters.